The van der Waals surface area contributed by atoms with Crippen LogP contribution >= 0.6 is 23.2 Å². The van der Waals surface area contributed by atoms with Crippen LogP contribution < -0.4 is 10.6 Å². The van der Waals surface area contributed by atoms with Crippen LogP contribution in [0.5, 0.6) is 0 Å². The Labute approximate surface area is 118 Å². The molecule has 0 saturated heterocycles. The Morgan fingerprint density at radius 2 is 1.89 bits per heavy atom. The summed E-state index contributed by atoms with van der Waals surface area (Å²) in [5.74, 6) is 0.0442. The fraction of sp³-hybridized carbons (Fsp3) is 0.462. The van der Waals surface area contributed by atoms with Gasteiger partial charge in [-0.15, -0.1) is 0 Å². The van der Waals surface area contributed by atoms with Crippen molar-refractivity contribution < 1.29 is 4.79 Å². The van der Waals surface area contributed by atoms with Crippen molar-refractivity contribution in [2.24, 2.45) is 0 Å². The first-order valence-electron chi connectivity index (χ1n) is 5.93. The Balaban J connectivity index is 2.32. The van der Waals surface area contributed by atoms with Gasteiger partial charge < -0.3 is 10.6 Å². The van der Waals surface area contributed by atoms with Gasteiger partial charge in [-0.05, 0) is 26.0 Å². The molecule has 0 fully saturated rings. The van der Waals surface area contributed by atoms with E-state index in [1.165, 1.54) is 0 Å². The molecule has 0 radical (unpaired) electrons. The summed E-state index contributed by atoms with van der Waals surface area (Å²) in [7, 11) is 0. The fourth-order valence-electron chi connectivity index (χ4n) is 1.51. The molecule has 0 bridgehead atoms. The molecule has 0 unspecified atom stereocenters. The predicted molar refractivity (Wildman–Crippen MR) is 76.1 cm³/mol. The first kappa shape index (κ1) is 15.3. The summed E-state index contributed by atoms with van der Waals surface area (Å²) in [4.78, 5) is 11.4. The predicted octanol–water partition coefficient (Wildman–Crippen LogP) is 3.00. The lowest BCUT2D eigenvalue weighted by Crippen LogP contribution is -2.32. The number of rotatable bonds is 6. The first-order chi connectivity index (χ1) is 8.50. The molecule has 3 nitrogen and oxygen atoms in total. The summed E-state index contributed by atoms with van der Waals surface area (Å²) < 4.78 is 0. The maximum atomic E-state index is 11.4. The highest BCUT2D eigenvalue weighted by Crippen LogP contribution is 2.23. The molecule has 0 aliphatic rings. The summed E-state index contributed by atoms with van der Waals surface area (Å²) in [6.45, 7) is 5.04. The van der Waals surface area contributed by atoms with Crippen molar-refractivity contribution in [1.29, 1.82) is 0 Å². The van der Waals surface area contributed by atoms with Crippen molar-refractivity contribution >= 4 is 29.1 Å². The van der Waals surface area contributed by atoms with Gasteiger partial charge in [-0.2, -0.15) is 0 Å². The van der Waals surface area contributed by atoms with Crippen LogP contribution in [-0.2, 0) is 11.3 Å². The number of hydrogen-bond acceptors (Lipinski definition) is 2. The van der Waals surface area contributed by atoms with Gasteiger partial charge in [0.05, 0.1) is 0 Å². The standard InChI is InChI=1S/C13H18Cl2N2O/c1-9(2)17-13(18)6-7-16-8-10-11(14)4-3-5-12(10)15/h3-5,9,16H,6-8H2,1-2H3,(H,17,18). The lowest BCUT2D eigenvalue weighted by atomic mass is 10.2. The molecule has 1 amide bonds. The largest absolute Gasteiger partial charge is 0.354 e. The Kier molecular flexibility index (Phi) is 6.47. The van der Waals surface area contributed by atoms with Crippen LogP contribution in [0.2, 0.25) is 10.0 Å². The number of carbonyl (C=O) groups excluding carboxylic acids is 1. The van der Waals surface area contributed by atoms with Crippen molar-refractivity contribution in [3.63, 3.8) is 0 Å². The third-order valence-electron chi connectivity index (χ3n) is 2.34. The summed E-state index contributed by atoms with van der Waals surface area (Å²) in [5, 5.41) is 7.27. The molecule has 2 N–H and O–H groups in total. The molecule has 1 aromatic carbocycles. The van der Waals surface area contributed by atoms with E-state index in [-0.39, 0.29) is 11.9 Å². The van der Waals surface area contributed by atoms with Crippen LogP contribution in [0.15, 0.2) is 18.2 Å². The number of nitrogens with one attached hydrogen (secondary N) is 2. The smallest absolute Gasteiger partial charge is 0.221 e. The molecule has 0 aromatic heterocycles. The van der Waals surface area contributed by atoms with Gasteiger partial charge in [-0.1, -0.05) is 29.3 Å². The zero-order valence-corrected chi connectivity index (χ0v) is 12.1. The van der Waals surface area contributed by atoms with E-state index in [4.69, 9.17) is 23.2 Å². The zero-order valence-electron chi connectivity index (χ0n) is 10.6. The van der Waals surface area contributed by atoms with Gasteiger partial charge in [0.1, 0.15) is 0 Å². The van der Waals surface area contributed by atoms with Crippen molar-refractivity contribution in [1.82, 2.24) is 10.6 Å². The van der Waals surface area contributed by atoms with Gasteiger partial charge in [0.25, 0.3) is 0 Å². The van der Waals surface area contributed by atoms with E-state index in [1.807, 2.05) is 19.9 Å². The average molecular weight is 289 g/mol. The molecule has 18 heavy (non-hydrogen) atoms. The van der Waals surface area contributed by atoms with Crippen LogP contribution in [0.4, 0.5) is 0 Å². The van der Waals surface area contributed by atoms with Crippen LogP contribution in [0.3, 0.4) is 0 Å². The lowest BCUT2D eigenvalue weighted by Gasteiger charge is -2.10. The molecule has 0 saturated carbocycles. The third-order valence-corrected chi connectivity index (χ3v) is 3.05. The number of hydrogen-bond donors (Lipinski definition) is 2. The number of halogens is 2. The lowest BCUT2D eigenvalue weighted by molar-refractivity contribution is -0.121. The molecule has 0 aliphatic heterocycles. The maximum absolute atomic E-state index is 11.4. The second-order valence-electron chi connectivity index (χ2n) is 4.35. The van der Waals surface area contributed by atoms with Crippen molar-refractivity contribution in [2.45, 2.75) is 32.9 Å². The SMILES string of the molecule is CC(C)NC(=O)CCNCc1c(Cl)cccc1Cl. The fourth-order valence-corrected chi connectivity index (χ4v) is 2.04. The van der Waals surface area contributed by atoms with E-state index in [0.29, 0.717) is 29.6 Å². The molecule has 1 rings (SSSR count). The van der Waals surface area contributed by atoms with Crippen LogP contribution in [-0.4, -0.2) is 18.5 Å². The zero-order chi connectivity index (χ0) is 13.5. The molecular weight excluding hydrogens is 271 g/mol. The van der Waals surface area contributed by atoms with Crippen LogP contribution in [0.25, 0.3) is 0 Å². The quantitative estimate of drug-likeness (QED) is 0.790. The van der Waals surface area contributed by atoms with Gasteiger partial charge in [-0.25, -0.2) is 0 Å². The van der Waals surface area contributed by atoms with E-state index >= 15 is 0 Å². The normalized spacial score (nSPS) is 10.7. The summed E-state index contributed by atoms with van der Waals surface area (Å²) in [6, 6.07) is 5.59. The van der Waals surface area contributed by atoms with E-state index in [1.54, 1.807) is 12.1 Å². The van der Waals surface area contributed by atoms with E-state index < -0.39 is 0 Å². The van der Waals surface area contributed by atoms with Crippen molar-refractivity contribution in [2.75, 3.05) is 6.54 Å². The van der Waals surface area contributed by atoms with Gasteiger partial charge in [0, 0.05) is 41.2 Å². The molecular formula is C13H18Cl2N2O. The molecule has 0 heterocycles. The molecule has 5 heteroatoms. The van der Waals surface area contributed by atoms with Gasteiger partial charge in [0.2, 0.25) is 5.91 Å². The highest BCUT2D eigenvalue weighted by atomic mass is 35.5. The number of carbonyl (C=O) groups is 1. The number of benzene rings is 1. The van der Waals surface area contributed by atoms with Crippen molar-refractivity contribution in [3.05, 3.63) is 33.8 Å². The molecule has 1 aromatic rings. The van der Waals surface area contributed by atoms with Gasteiger partial charge in [0.15, 0.2) is 0 Å². The third kappa shape index (κ3) is 5.25. The van der Waals surface area contributed by atoms with Crippen LogP contribution in [0, 0.1) is 0 Å². The summed E-state index contributed by atoms with van der Waals surface area (Å²) in [6.07, 6.45) is 0.445. The summed E-state index contributed by atoms with van der Waals surface area (Å²) in [5.41, 5.74) is 0.866. The maximum Gasteiger partial charge on any atom is 0.221 e. The monoisotopic (exact) mass is 288 g/mol. The highest BCUT2D eigenvalue weighted by molar-refractivity contribution is 6.35. The Morgan fingerprint density at radius 1 is 1.28 bits per heavy atom. The van der Waals surface area contributed by atoms with E-state index in [9.17, 15) is 4.79 Å². The molecule has 0 spiro atoms. The second kappa shape index (κ2) is 7.62. The molecule has 100 valence electrons. The Hall–Kier alpha value is -0.770. The molecule has 0 aliphatic carbocycles. The van der Waals surface area contributed by atoms with Gasteiger partial charge in [-0.3, -0.25) is 4.79 Å². The highest BCUT2D eigenvalue weighted by Gasteiger charge is 2.06. The Morgan fingerprint density at radius 3 is 2.44 bits per heavy atom. The number of amides is 1. The van der Waals surface area contributed by atoms with Crippen molar-refractivity contribution in [3.8, 4) is 0 Å². The second-order valence-corrected chi connectivity index (χ2v) is 5.16. The Bertz CT molecular complexity index is 388. The minimum atomic E-state index is 0.0442. The topological polar surface area (TPSA) is 41.1 Å². The van der Waals surface area contributed by atoms with E-state index in [0.717, 1.165) is 5.56 Å². The van der Waals surface area contributed by atoms with Crippen LogP contribution in [0.1, 0.15) is 25.8 Å². The molecule has 0 atom stereocenters. The van der Waals surface area contributed by atoms with Gasteiger partial charge >= 0.3 is 0 Å². The minimum Gasteiger partial charge on any atom is -0.354 e. The van der Waals surface area contributed by atoms with E-state index in [2.05, 4.69) is 10.6 Å². The average Bonchev–Trinajstić information content (AvgIpc) is 2.26. The summed E-state index contributed by atoms with van der Waals surface area (Å²) >= 11 is 12.1. The minimum absolute atomic E-state index is 0.0442. The first-order valence-corrected chi connectivity index (χ1v) is 6.69.